The second-order valence-corrected chi connectivity index (χ2v) is 18.7. The second kappa shape index (κ2) is 13.6. The number of thioether (sulfide) groups is 1. The number of hydrogen-bond donors (Lipinski definition) is 0. The molecule has 0 saturated heterocycles. The molecule has 0 N–H and O–H groups in total. The Morgan fingerprint density at radius 1 is 0.407 bits per heavy atom. The lowest BCUT2D eigenvalue weighted by molar-refractivity contribution is 0.894. The maximum atomic E-state index is 5.06. The molecule has 0 radical (unpaired) electrons. The molecule has 0 fully saturated rings. The first-order valence-electron chi connectivity index (χ1n) is 18.5. The number of imidazole rings is 1. The van der Waals surface area contributed by atoms with Crippen molar-refractivity contribution in [3.63, 3.8) is 0 Å². The Bertz CT molecular complexity index is 2660. The minimum Gasteiger partial charge on any atom is -0.287 e. The molecule has 1 aromatic heterocycles. The first kappa shape index (κ1) is 32.4. The third-order valence-electron chi connectivity index (χ3n) is 10.8. The molecule has 2 nitrogen and oxygen atoms in total. The van der Waals surface area contributed by atoms with Crippen LogP contribution in [0.1, 0.15) is 5.56 Å². The predicted octanol–water partition coefficient (Wildman–Crippen LogP) is 10.0. The van der Waals surface area contributed by atoms with Crippen LogP contribution in [0.4, 0.5) is 0 Å². The molecule has 2 heterocycles. The van der Waals surface area contributed by atoms with Gasteiger partial charge in [-0.2, -0.15) is 0 Å². The third-order valence-corrected chi connectivity index (χ3v) is 16.6. The Balaban J connectivity index is 1.23. The lowest BCUT2D eigenvalue weighted by Gasteiger charge is -2.35. The van der Waals surface area contributed by atoms with Crippen molar-refractivity contribution in [1.29, 1.82) is 0 Å². The molecule has 0 unspecified atom stereocenters. The van der Waals surface area contributed by atoms with E-state index in [0.29, 0.717) is 0 Å². The van der Waals surface area contributed by atoms with E-state index in [9.17, 15) is 0 Å². The van der Waals surface area contributed by atoms with Crippen LogP contribution in [0.25, 0.3) is 50.1 Å². The van der Waals surface area contributed by atoms with E-state index >= 15 is 0 Å². The van der Waals surface area contributed by atoms with Crippen LogP contribution in [-0.2, 0) is 5.75 Å². The zero-order chi connectivity index (χ0) is 35.9. The molecule has 54 heavy (non-hydrogen) atoms. The third kappa shape index (κ3) is 5.54. The van der Waals surface area contributed by atoms with E-state index in [0.717, 1.165) is 21.9 Å². The summed E-state index contributed by atoms with van der Waals surface area (Å²) in [5.74, 6) is 0.942. The van der Waals surface area contributed by atoms with Gasteiger partial charge in [0.05, 0.1) is 16.7 Å². The minimum atomic E-state index is -2.93. The SMILES string of the molecule is c1ccc(-c2cc(-c3ccccc3)cc([Si](c3ccccc3)(c3ccccc3)c3cccc(-c4ccc5nc6n(c5c4)-c4ccccc4CS6)c3)c2)cc1. The monoisotopic (exact) mass is 724 g/mol. The average Bonchev–Trinajstić information content (AvgIpc) is 3.64. The van der Waals surface area contributed by atoms with Gasteiger partial charge in [0, 0.05) is 5.75 Å². The van der Waals surface area contributed by atoms with E-state index < -0.39 is 8.07 Å². The Kier molecular flexibility index (Phi) is 8.20. The van der Waals surface area contributed by atoms with Crippen LogP contribution in [-0.4, -0.2) is 17.6 Å². The smallest absolute Gasteiger partial charge is 0.179 e. The van der Waals surface area contributed by atoms with Crippen LogP contribution < -0.4 is 20.7 Å². The summed E-state index contributed by atoms with van der Waals surface area (Å²) >= 11 is 1.81. The highest BCUT2D eigenvalue weighted by Gasteiger charge is 2.42. The van der Waals surface area contributed by atoms with Crippen molar-refractivity contribution in [2.24, 2.45) is 0 Å². The Morgan fingerprint density at radius 3 is 1.57 bits per heavy atom. The van der Waals surface area contributed by atoms with Crippen LogP contribution in [0.2, 0.25) is 0 Å². The molecular formula is C50H36N2SSi. The molecular weight excluding hydrogens is 689 g/mol. The highest BCUT2D eigenvalue weighted by Crippen LogP contribution is 2.38. The fraction of sp³-hybridized carbons (Fsp3) is 0.0200. The molecule has 1 aliphatic rings. The molecule has 8 aromatic carbocycles. The predicted molar refractivity (Wildman–Crippen MR) is 231 cm³/mol. The summed E-state index contributed by atoms with van der Waals surface area (Å²) in [6, 6.07) is 76.3. The first-order chi connectivity index (χ1) is 26.8. The summed E-state index contributed by atoms with van der Waals surface area (Å²) < 4.78 is 2.35. The van der Waals surface area contributed by atoms with Gasteiger partial charge in [-0.1, -0.05) is 194 Å². The lowest BCUT2D eigenvalue weighted by atomic mass is 9.99. The highest BCUT2D eigenvalue weighted by molar-refractivity contribution is 7.98. The van der Waals surface area contributed by atoms with Gasteiger partial charge in [0.2, 0.25) is 0 Å². The van der Waals surface area contributed by atoms with Gasteiger partial charge in [0.15, 0.2) is 13.2 Å². The second-order valence-electron chi connectivity index (χ2n) is 13.9. The molecule has 256 valence electrons. The maximum Gasteiger partial charge on any atom is 0.179 e. The van der Waals surface area contributed by atoms with E-state index in [1.807, 2.05) is 11.8 Å². The number of fused-ring (bicyclic) bond motifs is 5. The van der Waals surface area contributed by atoms with Crippen molar-refractivity contribution in [3.8, 4) is 39.1 Å². The van der Waals surface area contributed by atoms with Gasteiger partial charge in [-0.3, -0.25) is 4.57 Å². The summed E-state index contributed by atoms with van der Waals surface area (Å²) in [5, 5.41) is 6.46. The maximum absolute atomic E-state index is 5.06. The summed E-state index contributed by atoms with van der Waals surface area (Å²) in [5.41, 5.74) is 12.0. The van der Waals surface area contributed by atoms with Crippen LogP contribution in [0, 0.1) is 0 Å². The minimum absolute atomic E-state index is 0.942. The van der Waals surface area contributed by atoms with Gasteiger partial charge in [-0.05, 0) is 84.0 Å². The van der Waals surface area contributed by atoms with E-state index in [1.54, 1.807) is 0 Å². The number of benzene rings is 8. The molecule has 9 aromatic rings. The van der Waals surface area contributed by atoms with Gasteiger partial charge in [0.25, 0.3) is 0 Å². The molecule has 4 heteroatoms. The normalized spacial score (nSPS) is 12.3. The Labute approximate surface area is 321 Å². The van der Waals surface area contributed by atoms with Crippen LogP contribution in [0.5, 0.6) is 0 Å². The molecule has 10 rings (SSSR count). The molecule has 0 atom stereocenters. The Hall–Kier alpha value is -6.20. The first-order valence-corrected chi connectivity index (χ1v) is 21.5. The zero-order valence-electron chi connectivity index (χ0n) is 29.6. The van der Waals surface area contributed by atoms with Crippen molar-refractivity contribution >= 4 is 51.6 Å². The van der Waals surface area contributed by atoms with E-state index in [-0.39, 0.29) is 0 Å². The lowest BCUT2D eigenvalue weighted by Crippen LogP contribution is -2.74. The van der Waals surface area contributed by atoms with E-state index in [1.165, 1.54) is 65.4 Å². The number of hydrogen-bond acceptors (Lipinski definition) is 2. The molecule has 1 aliphatic heterocycles. The molecule has 0 bridgehead atoms. The molecule has 0 amide bonds. The largest absolute Gasteiger partial charge is 0.287 e. The van der Waals surface area contributed by atoms with E-state index in [4.69, 9.17) is 4.98 Å². The summed E-state index contributed by atoms with van der Waals surface area (Å²) in [4.78, 5) is 5.06. The number of rotatable bonds is 7. The van der Waals surface area contributed by atoms with Crippen LogP contribution in [0.3, 0.4) is 0 Å². The average molecular weight is 725 g/mol. The summed E-state index contributed by atoms with van der Waals surface area (Å²) in [6.07, 6.45) is 0. The standard InChI is InChI=1S/C50H36N2SSi/c1-5-16-36(17-6-1)41-30-42(37-18-7-2-8-19-37)33-46(32-41)54(43-22-9-3-10-23-43,44-24-11-4-12-25-44)45-26-15-21-38(31-45)39-28-29-47-49(34-39)52-48-27-14-13-20-40(48)35-53-50(52)51-47/h1-34H,35H2. The van der Waals surface area contributed by atoms with Gasteiger partial charge in [-0.25, -0.2) is 4.98 Å². The number of nitrogens with zero attached hydrogens (tertiary/aromatic N) is 2. The van der Waals surface area contributed by atoms with Crippen LogP contribution >= 0.6 is 11.8 Å². The summed E-state index contributed by atoms with van der Waals surface area (Å²) in [7, 11) is -2.93. The van der Waals surface area contributed by atoms with Crippen molar-refractivity contribution in [1.82, 2.24) is 9.55 Å². The van der Waals surface area contributed by atoms with Gasteiger partial charge >= 0.3 is 0 Å². The molecule has 0 saturated carbocycles. The fourth-order valence-corrected chi connectivity index (χ4v) is 14.2. The van der Waals surface area contributed by atoms with Crippen molar-refractivity contribution in [2.45, 2.75) is 10.9 Å². The Morgan fingerprint density at radius 2 is 0.926 bits per heavy atom. The van der Waals surface area contributed by atoms with Crippen molar-refractivity contribution < 1.29 is 0 Å². The zero-order valence-corrected chi connectivity index (χ0v) is 31.5. The fourth-order valence-electron chi connectivity index (χ4n) is 8.30. The molecule has 0 spiro atoms. The number of aromatic nitrogens is 2. The molecule has 0 aliphatic carbocycles. The topological polar surface area (TPSA) is 17.8 Å². The quantitative estimate of drug-likeness (QED) is 0.120. The van der Waals surface area contributed by atoms with Gasteiger partial charge in [0.1, 0.15) is 0 Å². The van der Waals surface area contributed by atoms with Crippen LogP contribution in [0.15, 0.2) is 211 Å². The van der Waals surface area contributed by atoms with Crippen molar-refractivity contribution in [3.05, 3.63) is 212 Å². The highest BCUT2D eigenvalue weighted by atomic mass is 32.2. The van der Waals surface area contributed by atoms with Crippen molar-refractivity contribution in [2.75, 3.05) is 0 Å². The van der Waals surface area contributed by atoms with Gasteiger partial charge < -0.3 is 0 Å². The number of para-hydroxylation sites is 1. The van der Waals surface area contributed by atoms with Gasteiger partial charge in [-0.15, -0.1) is 0 Å². The summed E-state index contributed by atoms with van der Waals surface area (Å²) in [6.45, 7) is 0. The van der Waals surface area contributed by atoms with E-state index in [2.05, 4.69) is 211 Å².